The number of rotatable bonds is 2. The van der Waals surface area contributed by atoms with Crippen molar-refractivity contribution in [3.8, 4) is 0 Å². The second-order valence-corrected chi connectivity index (χ2v) is 4.82. The normalized spacial score (nSPS) is 12.8. The minimum Gasteiger partial charge on any atom is -0.319 e. The molecule has 0 fully saturated rings. The van der Waals surface area contributed by atoms with Crippen molar-refractivity contribution >= 4 is 23.2 Å². The molecular weight excluding hydrogens is 257 g/mol. The summed E-state index contributed by atoms with van der Waals surface area (Å²) in [6, 6.07) is 5.42. The molecule has 90 valence electrons. The van der Waals surface area contributed by atoms with Gasteiger partial charge in [0.25, 0.3) is 0 Å². The lowest BCUT2D eigenvalue weighted by molar-refractivity contribution is 0.673. The third kappa shape index (κ3) is 2.32. The first-order chi connectivity index (χ1) is 8.00. The van der Waals surface area contributed by atoms with Gasteiger partial charge in [-0.15, -0.1) is 0 Å². The second kappa shape index (κ2) is 4.69. The third-order valence-electron chi connectivity index (χ3n) is 2.72. The number of nitrogens with zero attached hydrogens (tertiary/aromatic N) is 2. The third-order valence-corrected chi connectivity index (χ3v) is 3.34. The molecule has 17 heavy (non-hydrogen) atoms. The van der Waals surface area contributed by atoms with Gasteiger partial charge in [0.2, 0.25) is 0 Å². The number of aromatic nitrogens is 2. The van der Waals surface area contributed by atoms with Gasteiger partial charge in [-0.05, 0) is 24.1 Å². The van der Waals surface area contributed by atoms with Crippen LogP contribution in [0.15, 0.2) is 24.4 Å². The van der Waals surface area contributed by atoms with Crippen molar-refractivity contribution in [2.24, 2.45) is 12.8 Å². The van der Waals surface area contributed by atoms with E-state index < -0.39 is 0 Å². The predicted octanol–water partition coefficient (Wildman–Crippen LogP) is 3.08. The fraction of sp³-hybridized carbons (Fsp3) is 0.250. The molecule has 1 heterocycles. The Bertz CT molecular complexity index is 529. The molecule has 0 aliphatic rings. The number of hydrogen-bond donors (Lipinski definition) is 1. The quantitative estimate of drug-likeness (QED) is 0.911. The van der Waals surface area contributed by atoms with Crippen molar-refractivity contribution in [1.82, 2.24) is 9.78 Å². The SMILES string of the molecule is Cc1ccc(C(N)c2c(Cl)cnn2C)c(Cl)c1. The minimum absolute atomic E-state index is 0.372. The van der Waals surface area contributed by atoms with E-state index in [4.69, 9.17) is 28.9 Å². The number of halogens is 2. The molecule has 5 heteroatoms. The van der Waals surface area contributed by atoms with E-state index in [0.717, 1.165) is 16.8 Å². The lowest BCUT2D eigenvalue weighted by Crippen LogP contribution is -2.16. The van der Waals surface area contributed by atoms with Gasteiger partial charge in [-0.2, -0.15) is 5.10 Å². The van der Waals surface area contributed by atoms with Crippen LogP contribution in [-0.4, -0.2) is 9.78 Å². The van der Waals surface area contributed by atoms with Gasteiger partial charge >= 0.3 is 0 Å². The molecule has 2 N–H and O–H groups in total. The van der Waals surface area contributed by atoms with Gasteiger partial charge in [0.15, 0.2) is 0 Å². The summed E-state index contributed by atoms with van der Waals surface area (Å²) in [5, 5.41) is 5.27. The Morgan fingerprint density at radius 3 is 2.53 bits per heavy atom. The molecule has 1 unspecified atom stereocenters. The lowest BCUT2D eigenvalue weighted by Gasteiger charge is -2.15. The largest absolute Gasteiger partial charge is 0.319 e. The molecule has 1 aromatic heterocycles. The van der Waals surface area contributed by atoms with E-state index in [2.05, 4.69) is 5.10 Å². The summed E-state index contributed by atoms with van der Waals surface area (Å²) < 4.78 is 1.67. The summed E-state index contributed by atoms with van der Waals surface area (Å²) in [6.45, 7) is 1.98. The van der Waals surface area contributed by atoms with Crippen LogP contribution in [0, 0.1) is 6.92 Å². The smallest absolute Gasteiger partial charge is 0.0837 e. The zero-order chi connectivity index (χ0) is 12.6. The highest BCUT2D eigenvalue weighted by molar-refractivity contribution is 6.32. The van der Waals surface area contributed by atoms with E-state index in [9.17, 15) is 0 Å². The van der Waals surface area contributed by atoms with Gasteiger partial charge in [-0.3, -0.25) is 4.68 Å². The standard InChI is InChI=1S/C12H13Cl2N3/c1-7-3-4-8(9(13)5-7)11(15)12-10(14)6-16-17(12)2/h3-6,11H,15H2,1-2H3. The zero-order valence-corrected chi connectivity index (χ0v) is 11.1. The molecule has 0 amide bonds. The Labute approximate surface area is 110 Å². The molecule has 0 aliphatic carbocycles. The van der Waals surface area contributed by atoms with Crippen LogP contribution < -0.4 is 5.73 Å². The fourth-order valence-corrected chi connectivity index (χ4v) is 2.44. The molecule has 0 saturated heterocycles. The summed E-state index contributed by atoms with van der Waals surface area (Å²) in [4.78, 5) is 0. The molecule has 1 aromatic carbocycles. The van der Waals surface area contributed by atoms with Crippen molar-refractivity contribution in [2.75, 3.05) is 0 Å². The van der Waals surface area contributed by atoms with Crippen molar-refractivity contribution in [3.05, 3.63) is 51.3 Å². The molecule has 3 nitrogen and oxygen atoms in total. The van der Waals surface area contributed by atoms with Gasteiger partial charge in [0.05, 0.1) is 23.0 Å². The van der Waals surface area contributed by atoms with Crippen LogP contribution >= 0.6 is 23.2 Å². The molecule has 0 saturated carbocycles. The molecule has 2 rings (SSSR count). The van der Waals surface area contributed by atoms with E-state index in [1.165, 1.54) is 0 Å². The van der Waals surface area contributed by atoms with Crippen molar-refractivity contribution < 1.29 is 0 Å². The highest BCUT2D eigenvalue weighted by Gasteiger charge is 2.19. The Balaban J connectivity index is 2.47. The van der Waals surface area contributed by atoms with Crippen LogP contribution in [0.5, 0.6) is 0 Å². The van der Waals surface area contributed by atoms with E-state index in [1.807, 2.05) is 32.2 Å². The van der Waals surface area contributed by atoms with Crippen LogP contribution in [0.3, 0.4) is 0 Å². The van der Waals surface area contributed by atoms with Crippen LogP contribution in [0.4, 0.5) is 0 Å². The topological polar surface area (TPSA) is 43.8 Å². The fourth-order valence-electron chi connectivity index (χ4n) is 1.80. The maximum atomic E-state index is 6.19. The van der Waals surface area contributed by atoms with Crippen molar-refractivity contribution in [1.29, 1.82) is 0 Å². The summed E-state index contributed by atoms with van der Waals surface area (Å²) in [6.07, 6.45) is 1.58. The van der Waals surface area contributed by atoms with Gasteiger partial charge in [0, 0.05) is 12.1 Å². The highest BCUT2D eigenvalue weighted by atomic mass is 35.5. The summed E-state index contributed by atoms with van der Waals surface area (Å²) in [5.41, 5.74) is 8.89. The van der Waals surface area contributed by atoms with Crippen LogP contribution in [0.25, 0.3) is 0 Å². The van der Waals surface area contributed by atoms with Crippen molar-refractivity contribution in [2.45, 2.75) is 13.0 Å². The highest BCUT2D eigenvalue weighted by Crippen LogP contribution is 2.30. The Morgan fingerprint density at radius 1 is 1.29 bits per heavy atom. The summed E-state index contributed by atoms with van der Waals surface area (Å²) in [5.74, 6) is 0. The van der Waals surface area contributed by atoms with Gasteiger partial charge in [-0.25, -0.2) is 0 Å². The average molecular weight is 270 g/mol. The van der Waals surface area contributed by atoms with E-state index in [0.29, 0.717) is 10.0 Å². The number of nitrogens with two attached hydrogens (primary N) is 1. The number of aryl methyl sites for hydroxylation is 2. The first-order valence-electron chi connectivity index (χ1n) is 5.19. The molecule has 1 atom stereocenters. The van der Waals surface area contributed by atoms with E-state index in [1.54, 1.807) is 10.9 Å². The van der Waals surface area contributed by atoms with E-state index >= 15 is 0 Å². The molecular formula is C12H13Cl2N3. The molecule has 0 radical (unpaired) electrons. The van der Waals surface area contributed by atoms with Crippen LogP contribution in [-0.2, 0) is 7.05 Å². The zero-order valence-electron chi connectivity index (χ0n) is 9.61. The molecule has 0 spiro atoms. The molecule has 0 aliphatic heterocycles. The maximum absolute atomic E-state index is 6.19. The molecule has 2 aromatic rings. The Morgan fingerprint density at radius 2 is 2.00 bits per heavy atom. The number of benzene rings is 1. The predicted molar refractivity (Wildman–Crippen MR) is 70.4 cm³/mol. The second-order valence-electron chi connectivity index (χ2n) is 4.00. The number of hydrogen-bond acceptors (Lipinski definition) is 2. The first kappa shape index (κ1) is 12.4. The molecule has 0 bridgehead atoms. The maximum Gasteiger partial charge on any atom is 0.0837 e. The van der Waals surface area contributed by atoms with Gasteiger partial charge in [0.1, 0.15) is 0 Å². The first-order valence-corrected chi connectivity index (χ1v) is 5.95. The average Bonchev–Trinajstić information content (AvgIpc) is 2.58. The van der Waals surface area contributed by atoms with Crippen molar-refractivity contribution in [3.63, 3.8) is 0 Å². The Kier molecular flexibility index (Phi) is 3.43. The van der Waals surface area contributed by atoms with Crippen LogP contribution in [0.1, 0.15) is 22.9 Å². The van der Waals surface area contributed by atoms with Crippen LogP contribution in [0.2, 0.25) is 10.0 Å². The Hall–Kier alpha value is -1.03. The minimum atomic E-state index is -0.372. The monoisotopic (exact) mass is 269 g/mol. The van der Waals surface area contributed by atoms with E-state index in [-0.39, 0.29) is 6.04 Å². The van der Waals surface area contributed by atoms with Gasteiger partial charge in [-0.1, -0.05) is 35.3 Å². The van der Waals surface area contributed by atoms with Gasteiger partial charge < -0.3 is 5.73 Å². The summed E-state index contributed by atoms with van der Waals surface area (Å²) >= 11 is 12.3. The summed E-state index contributed by atoms with van der Waals surface area (Å²) in [7, 11) is 1.81. The lowest BCUT2D eigenvalue weighted by atomic mass is 10.0.